The molecule has 30 heavy (non-hydrogen) atoms. The molecule has 1 amide bonds. The molecule has 0 aliphatic rings. The van der Waals surface area contributed by atoms with Crippen molar-refractivity contribution in [2.24, 2.45) is 7.05 Å². The Kier molecular flexibility index (Phi) is 6.59. The summed E-state index contributed by atoms with van der Waals surface area (Å²) in [6.07, 6.45) is 0.692. The van der Waals surface area contributed by atoms with Gasteiger partial charge in [0.05, 0.1) is 5.69 Å². The molecule has 0 radical (unpaired) electrons. The number of rotatable bonds is 8. The molecule has 0 spiro atoms. The lowest BCUT2D eigenvalue weighted by molar-refractivity contribution is -0.121. The van der Waals surface area contributed by atoms with Crippen LogP contribution in [0, 0.1) is 20.8 Å². The number of H-pyrrole nitrogens is 1. The van der Waals surface area contributed by atoms with Crippen LogP contribution in [0.5, 0.6) is 0 Å². The van der Waals surface area contributed by atoms with Crippen molar-refractivity contribution in [3.8, 4) is 0 Å². The number of nitrogens with one attached hydrogen (secondary N) is 2. The zero-order valence-electron chi connectivity index (χ0n) is 18.5. The third kappa shape index (κ3) is 4.56. The Hall–Kier alpha value is -3.09. The maximum atomic E-state index is 12.5. The quantitative estimate of drug-likeness (QED) is 0.599. The third-order valence-electron chi connectivity index (χ3n) is 5.61. The molecule has 0 unspecified atom stereocenters. The van der Waals surface area contributed by atoms with E-state index in [1.54, 1.807) is 4.68 Å². The second-order valence-electron chi connectivity index (χ2n) is 7.76. The van der Waals surface area contributed by atoms with E-state index in [1.165, 1.54) is 5.56 Å². The van der Waals surface area contributed by atoms with Crippen molar-refractivity contribution in [2.75, 3.05) is 24.5 Å². The monoisotopic (exact) mass is 409 g/mol. The van der Waals surface area contributed by atoms with E-state index in [-0.39, 0.29) is 17.9 Å². The number of fused-ring (bicyclic) bond motifs is 1. The van der Waals surface area contributed by atoms with Crippen LogP contribution in [0.1, 0.15) is 35.7 Å². The molecule has 0 saturated carbocycles. The minimum Gasteiger partial charge on any atom is -0.370 e. The summed E-state index contributed by atoms with van der Waals surface area (Å²) in [7, 11) is 1.81. The molecule has 0 fully saturated rings. The minimum atomic E-state index is -0.146. The largest absolute Gasteiger partial charge is 0.370 e. The Morgan fingerprint density at radius 3 is 2.73 bits per heavy atom. The molecule has 0 aliphatic carbocycles. The van der Waals surface area contributed by atoms with Crippen LogP contribution >= 0.6 is 0 Å². The highest BCUT2D eigenvalue weighted by atomic mass is 16.1. The number of aryl methyl sites for hydroxylation is 4. The first kappa shape index (κ1) is 21.6. The first-order valence-electron chi connectivity index (χ1n) is 10.4. The first-order chi connectivity index (χ1) is 14.3. The van der Waals surface area contributed by atoms with Gasteiger partial charge >= 0.3 is 0 Å². The summed E-state index contributed by atoms with van der Waals surface area (Å²) in [6.45, 7) is 10.2. The van der Waals surface area contributed by atoms with Gasteiger partial charge in [0.1, 0.15) is 5.65 Å². The second kappa shape index (κ2) is 9.15. The van der Waals surface area contributed by atoms with E-state index in [1.807, 2.05) is 27.0 Å². The first-order valence-corrected chi connectivity index (χ1v) is 10.4. The number of nitrogens with zero attached hydrogens (tertiary/aromatic N) is 3. The van der Waals surface area contributed by atoms with Gasteiger partial charge in [0.15, 0.2) is 0 Å². The highest BCUT2D eigenvalue weighted by molar-refractivity contribution is 5.83. The molecule has 0 atom stereocenters. The van der Waals surface area contributed by atoms with E-state index < -0.39 is 0 Å². The normalized spacial score (nSPS) is 11.1. The summed E-state index contributed by atoms with van der Waals surface area (Å²) in [5.74, 6) is -0.0444. The van der Waals surface area contributed by atoms with Crippen LogP contribution in [0.15, 0.2) is 29.1 Å². The van der Waals surface area contributed by atoms with Gasteiger partial charge in [-0.2, -0.15) is 5.10 Å². The van der Waals surface area contributed by atoms with Crippen molar-refractivity contribution in [1.82, 2.24) is 20.1 Å². The van der Waals surface area contributed by atoms with Crippen molar-refractivity contribution in [1.29, 1.82) is 0 Å². The van der Waals surface area contributed by atoms with Gasteiger partial charge in [0, 0.05) is 49.7 Å². The molecule has 0 aliphatic heterocycles. The fourth-order valence-corrected chi connectivity index (χ4v) is 4.01. The van der Waals surface area contributed by atoms with E-state index in [0.29, 0.717) is 18.5 Å². The molecule has 7 heteroatoms. The van der Waals surface area contributed by atoms with Crippen LogP contribution in [0.25, 0.3) is 11.0 Å². The van der Waals surface area contributed by atoms with Crippen molar-refractivity contribution < 1.29 is 4.79 Å². The number of likely N-dealkylation sites (N-methyl/N-ethyl adjacent to an activating group) is 1. The van der Waals surface area contributed by atoms with Gasteiger partial charge in [-0.05, 0) is 57.4 Å². The minimum absolute atomic E-state index is 0.0444. The smallest absolute Gasteiger partial charge is 0.253 e. The van der Waals surface area contributed by atoms with E-state index >= 15 is 0 Å². The number of aromatic amines is 1. The van der Waals surface area contributed by atoms with E-state index in [2.05, 4.69) is 52.3 Å². The summed E-state index contributed by atoms with van der Waals surface area (Å²) in [6, 6.07) is 8.36. The molecule has 3 rings (SSSR count). The summed E-state index contributed by atoms with van der Waals surface area (Å²) in [4.78, 5) is 30.0. The number of hydrogen-bond donors (Lipinski definition) is 2. The number of anilines is 1. The number of hydrogen-bond acceptors (Lipinski definition) is 4. The SMILES string of the molecule is CCN(CCNC(=O)CCc1c(C)c2c(C)nn(C)c2[nH]c1=O)c1cccc(C)c1. The molecule has 3 aromatic rings. The lowest BCUT2D eigenvalue weighted by Crippen LogP contribution is -2.35. The predicted octanol–water partition coefficient (Wildman–Crippen LogP) is 2.76. The predicted molar refractivity (Wildman–Crippen MR) is 121 cm³/mol. The average molecular weight is 410 g/mol. The molecule has 2 heterocycles. The van der Waals surface area contributed by atoms with Crippen LogP contribution in [-0.4, -0.2) is 40.3 Å². The number of pyridine rings is 1. The Morgan fingerprint density at radius 1 is 1.27 bits per heavy atom. The van der Waals surface area contributed by atoms with Gasteiger partial charge in [0.25, 0.3) is 5.56 Å². The van der Waals surface area contributed by atoms with Crippen LogP contribution in [0.4, 0.5) is 5.69 Å². The van der Waals surface area contributed by atoms with Gasteiger partial charge < -0.3 is 15.2 Å². The number of carbonyl (C=O) groups excluding carboxylic acids is 1. The van der Waals surface area contributed by atoms with Gasteiger partial charge in [-0.25, -0.2) is 0 Å². The standard InChI is InChI=1S/C23H31N5O2/c1-6-28(18-9-7-8-15(2)14-18)13-12-24-20(29)11-10-19-16(3)21-17(4)26-27(5)22(21)25-23(19)30/h7-9,14H,6,10-13H2,1-5H3,(H,24,29)(H,25,30). The maximum absolute atomic E-state index is 12.5. The molecule has 1 aromatic carbocycles. The van der Waals surface area contributed by atoms with Crippen molar-refractivity contribution in [3.05, 3.63) is 57.0 Å². The van der Waals surface area contributed by atoms with E-state index in [4.69, 9.17) is 0 Å². The molecule has 2 aromatic heterocycles. The van der Waals surface area contributed by atoms with Gasteiger partial charge in [-0.1, -0.05) is 12.1 Å². The third-order valence-corrected chi connectivity index (χ3v) is 5.61. The average Bonchev–Trinajstić information content (AvgIpc) is 2.98. The van der Waals surface area contributed by atoms with Crippen LogP contribution in [0.2, 0.25) is 0 Å². The number of benzene rings is 1. The van der Waals surface area contributed by atoms with E-state index in [9.17, 15) is 9.59 Å². The fraction of sp³-hybridized carbons (Fsp3) is 0.435. The maximum Gasteiger partial charge on any atom is 0.253 e. The Balaban J connectivity index is 1.58. The van der Waals surface area contributed by atoms with Gasteiger partial charge in [-0.3, -0.25) is 14.3 Å². The molecule has 0 saturated heterocycles. The molecular weight excluding hydrogens is 378 g/mol. The number of carbonyl (C=O) groups is 1. The summed E-state index contributed by atoms with van der Waals surface area (Å²) in [5, 5.41) is 8.33. The van der Waals surface area contributed by atoms with Crippen LogP contribution in [-0.2, 0) is 18.3 Å². The zero-order valence-corrected chi connectivity index (χ0v) is 18.5. The highest BCUT2D eigenvalue weighted by Gasteiger charge is 2.16. The Morgan fingerprint density at radius 2 is 2.03 bits per heavy atom. The van der Waals surface area contributed by atoms with Gasteiger partial charge in [-0.15, -0.1) is 0 Å². The molecule has 2 N–H and O–H groups in total. The zero-order chi connectivity index (χ0) is 21.8. The van der Waals surface area contributed by atoms with Crippen molar-refractivity contribution >= 4 is 22.6 Å². The number of aromatic nitrogens is 3. The summed E-state index contributed by atoms with van der Waals surface area (Å²) < 4.78 is 1.68. The highest BCUT2D eigenvalue weighted by Crippen LogP contribution is 2.21. The summed E-state index contributed by atoms with van der Waals surface area (Å²) in [5.41, 5.74) is 5.40. The van der Waals surface area contributed by atoms with Crippen molar-refractivity contribution in [3.63, 3.8) is 0 Å². The van der Waals surface area contributed by atoms with Crippen LogP contribution < -0.4 is 15.8 Å². The molecular formula is C23H31N5O2. The fourth-order valence-electron chi connectivity index (χ4n) is 4.01. The lowest BCUT2D eigenvalue weighted by Gasteiger charge is -2.23. The topological polar surface area (TPSA) is 83.0 Å². The number of amides is 1. The second-order valence-corrected chi connectivity index (χ2v) is 7.76. The van der Waals surface area contributed by atoms with E-state index in [0.717, 1.165) is 41.1 Å². The molecule has 160 valence electrons. The van der Waals surface area contributed by atoms with Crippen LogP contribution in [0.3, 0.4) is 0 Å². The Bertz CT molecular complexity index is 1110. The molecule has 0 bridgehead atoms. The van der Waals surface area contributed by atoms with Crippen molar-refractivity contribution in [2.45, 2.75) is 40.5 Å². The lowest BCUT2D eigenvalue weighted by atomic mass is 10.0. The van der Waals surface area contributed by atoms with Gasteiger partial charge in [0.2, 0.25) is 5.91 Å². The Labute approximate surface area is 177 Å². The summed E-state index contributed by atoms with van der Waals surface area (Å²) >= 11 is 0. The molecule has 7 nitrogen and oxygen atoms in total.